The fourth-order valence-corrected chi connectivity index (χ4v) is 2.60. The molecule has 13 heavy (non-hydrogen) atoms. The van der Waals surface area contributed by atoms with Crippen molar-refractivity contribution < 1.29 is 0 Å². The van der Waals surface area contributed by atoms with Crippen LogP contribution in [-0.2, 0) is 12.8 Å². The standard InChI is InChI=1S/C11H19NS/c1-6-10-12-8(2)9(13-10)7-11(3,4)5/h6-7H2,1-5H3. The summed E-state index contributed by atoms with van der Waals surface area (Å²) in [6, 6.07) is 0. The topological polar surface area (TPSA) is 12.9 Å². The van der Waals surface area contributed by atoms with Crippen molar-refractivity contribution in [2.75, 3.05) is 0 Å². The minimum atomic E-state index is 0.377. The summed E-state index contributed by atoms with van der Waals surface area (Å²) in [5.74, 6) is 0. The van der Waals surface area contributed by atoms with Gasteiger partial charge in [-0.2, -0.15) is 0 Å². The van der Waals surface area contributed by atoms with Crippen molar-refractivity contribution in [2.24, 2.45) is 5.41 Å². The summed E-state index contributed by atoms with van der Waals surface area (Å²) in [5, 5.41) is 1.27. The monoisotopic (exact) mass is 197 g/mol. The molecule has 0 saturated carbocycles. The minimum Gasteiger partial charge on any atom is -0.246 e. The first-order valence-electron chi connectivity index (χ1n) is 4.87. The summed E-state index contributed by atoms with van der Waals surface area (Å²) < 4.78 is 0. The van der Waals surface area contributed by atoms with E-state index in [0.717, 1.165) is 12.8 Å². The van der Waals surface area contributed by atoms with Gasteiger partial charge in [0.05, 0.1) is 10.7 Å². The van der Waals surface area contributed by atoms with E-state index in [1.165, 1.54) is 15.6 Å². The second kappa shape index (κ2) is 3.79. The molecule has 0 unspecified atom stereocenters. The van der Waals surface area contributed by atoms with Gasteiger partial charge in [-0.3, -0.25) is 0 Å². The van der Waals surface area contributed by atoms with Crippen LogP contribution in [0.2, 0.25) is 0 Å². The molecule has 0 aromatic carbocycles. The van der Waals surface area contributed by atoms with Gasteiger partial charge in [0.1, 0.15) is 0 Å². The van der Waals surface area contributed by atoms with E-state index in [-0.39, 0.29) is 0 Å². The van der Waals surface area contributed by atoms with Crippen LogP contribution in [0.5, 0.6) is 0 Å². The van der Waals surface area contributed by atoms with E-state index in [2.05, 4.69) is 39.6 Å². The van der Waals surface area contributed by atoms with Gasteiger partial charge in [-0.1, -0.05) is 27.7 Å². The third-order valence-corrected chi connectivity index (χ3v) is 3.23. The Morgan fingerprint density at radius 1 is 1.31 bits per heavy atom. The molecule has 0 aliphatic heterocycles. The molecule has 74 valence electrons. The highest BCUT2D eigenvalue weighted by Gasteiger charge is 2.15. The van der Waals surface area contributed by atoms with E-state index in [1.54, 1.807) is 0 Å². The molecule has 1 aromatic rings. The maximum absolute atomic E-state index is 4.53. The molecule has 2 heteroatoms. The van der Waals surface area contributed by atoms with Gasteiger partial charge in [-0.05, 0) is 25.2 Å². The molecule has 0 aliphatic carbocycles. The maximum atomic E-state index is 4.53. The van der Waals surface area contributed by atoms with Crippen molar-refractivity contribution >= 4 is 11.3 Å². The predicted molar refractivity (Wildman–Crippen MR) is 59.4 cm³/mol. The molecule has 0 spiro atoms. The van der Waals surface area contributed by atoms with E-state index in [4.69, 9.17) is 0 Å². The van der Waals surface area contributed by atoms with E-state index in [0.29, 0.717) is 5.41 Å². The Balaban J connectivity index is 2.83. The Kier molecular flexibility index (Phi) is 3.12. The molecule has 0 N–H and O–H groups in total. The summed E-state index contributed by atoms with van der Waals surface area (Å²) in [7, 11) is 0. The third kappa shape index (κ3) is 3.11. The van der Waals surface area contributed by atoms with Crippen LogP contribution in [0, 0.1) is 12.3 Å². The van der Waals surface area contributed by atoms with Crippen molar-refractivity contribution in [1.29, 1.82) is 0 Å². The molecule has 1 aromatic heterocycles. The second-order valence-corrected chi connectivity index (χ2v) is 5.88. The average Bonchev–Trinajstić information content (AvgIpc) is 2.29. The first-order chi connectivity index (χ1) is 5.92. The highest BCUT2D eigenvalue weighted by molar-refractivity contribution is 7.11. The summed E-state index contributed by atoms with van der Waals surface area (Å²) in [6.07, 6.45) is 2.21. The van der Waals surface area contributed by atoms with Gasteiger partial charge in [0.15, 0.2) is 0 Å². The summed E-state index contributed by atoms with van der Waals surface area (Å²) >= 11 is 1.88. The molecule has 0 aliphatic rings. The molecule has 1 nitrogen and oxygen atoms in total. The lowest BCUT2D eigenvalue weighted by Gasteiger charge is -2.16. The van der Waals surface area contributed by atoms with Gasteiger partial charge in [-0.25, -0.2) is 4.98 Å². The fraction of sp³-hybridized carbons (Fsp3) is 0.727. The number of thiazole rings is 1. The second-order valence-electron chi connectivity index (χ2n) is 4.71. The lowest BCUT2D eigenvalue weighted by atomic mass is 9.91. The Morgan fingerprint density at radius 3 is 2.31 bits per heavy atom. The molecule has 0 atom stereocenters. The van der Waals surface area contributed by atoms with Gasteiger partial charge in [-0.15, -0.1) is 11.3 Å². The number of rotatable bonds is 2. The van der Waals surface area contributed by atoms with Crippen molar-refractivity contribution in [3.63, 3.8) is 0 Å². The number of aromatic nitrogens is 1. The van der Waals surface area contributed by atoms with Crippen molar-refractivity contribution in [1.82, 2.24) is 4.98 Å². The fourth-order valence-electron chi connectivity index (χ4n) is 1.29. The predicted octanol–water partition coefficient (Wildman–Crippen LogP) is 3.60. The molecule has 0 radical (unpaired) electrons. The van der Waals surface area contributed by atoms with Crippen LogP contribution in [-0.4, -0.2) is 4.98 Å². The summed E-state index contributed by atoms with van der Waals surface area (Å²) in [5.41, 5.74) is 1.61. The smallest absolute Gasteiger partial charge is 0.0928 e. The quantitative estimate of drug-likeness (QED) is 0.706. The molecular formula is C11H19NS. The number of nitrogens with zero attached hydrogens (tertiary/aromatic N) is 1. The first-order valence-corrected chi connectivity index (χ1v) is 5.69. The third-order valence-electron chi connectivity index (χ3n) is 1.93. The minimum absolute atomic E-state index is 0.377. The average molecular weight is 197 g/mol. The Bertz CT molecular complexity index is 281. The molecule has 0 saturated heterocycles. The normalized spacial score (nSPS) is 12.1. The lowest BCUT2D eigenvalue weighted by Crippen LogP contribution is -2.08. The highest BCUT2D eigenvalue weighted by Crippen LogP contribution is 2.27. The first kappa shape index (κ1) is 10.7. The van der Waals surface area contributed by atoms with E-state index in [1.807, 2.05) is 11.3 Å². The molecule has 1 heterocycles. The van der Waals surface area contributed by atoms with Gasteiger partial charge >= 0.3 is 0 Å². The molecule has 0 amide bonds. The zero-order valence-electron chi connectivity index (χ0n) is 9.27. The van der Waals surface area contributed by atoms with Crippen LogP contribution in [0.1, 0.15) is 43.3 Å². The van der Waals surface area contributed by atoms with E-state index < -0.39 is 0 Å². The Labute approximate surface area is 85.2 Å². The van der Waals surface area contributed by atoms with Crippen LogP contribution in [0.15, 0.2) is 0 Å². The van der Waals surface area contributed by atoms with Crippen LogP contribution in [0.4, 0.5) is 0 Å². The zero-order chi connectivity index (χ0) is 10.1. The van der Waals surface area contributed by atoms with Crippen LogP contribution in [0.25, 0.3) is 0 Å². The van der Waals surface area contributed by atoms with Gasteiger partial charge in [0.2, 0.25) is 0 Å². The van der Waals surface area contributed by atoms with E-state index in [9.17, 15) is 0 Å². The van der Waals surface area contributed by atoms with Crippen LogP contribution in [0.3, 0.4) is 0 Å². The molecule has 0 bridgehead atoms. The Morgan fingerprint density at radius 2 is 1.92 bits per heavy atom. The maximum Gasteiger partial charge on any atom is 0.0928 e. The van der Waals surface area contributed by atoms with Gasteiger partial charge < -0.3 is 0 Å². The lowest BCUT2D eigenvalue weighted by molar-refractivity contribution is 0.413. The van der Waals surface area contributed by atoms with Gasteiger partial charge in [0, 0.05) is 4.88 Å². The zero-order valence-corrected chi connectivity index (χ0v) is 10.1. The van der Waals surface area contributed by atoms with E-state index >= 15 is 0 Å². The number of hydrogen-bond donors (Lipinski definition) is 0. The summed E-state index contributed by atoms with van der Waals surface area (Å²) in [6.45, 7) is 11.1. The Hall–Kier alpha value is -0.370. The molecule has 1 rings (SSSR count). The molecular weight excluding hydrogens is 178 g/mol. The number of aryl methyl sites for hydroxylation is 2. The van der Waals surface area contributed by atoms with Crippen LogP contribution < -0.4 is 0 Å². The highest BCUT2D eigenvalue weighted by atomic mass is 32.1. The van der Waals surface area contributed by atoms with Gasteiger partial charge in [0.25, 0.3) is 0 Å². The number of hydrogen-bond acceptors (Lipinski definition) is 2. The van der Waals surface area contributed by atoms with Crippen molar-refractivity contribution in [3.05, 3.63) is 15.6 Å². The SMILES string of the molecule is CCc1nc(C)c(CC(C)(C)C)s1. The summed E-state index contributed by atoms with van der Waals surface area (Å²) in [4.78, 5) is 5.99. The molecule has 0 fully saturated rings. The largest absolute Gasteiger partial charge is 0.246 e. The van der Waals surface area contributed by atoms with Crippen molar-refractivity contribution in [3.8, 4) is 0 Å². The van der Waals surface area contributed by atoms with Crippen LogP contribution >= 0.6 is 11.3 Å². The van der Waals surface area contributed by atoms with Crippen molar-refractivity contribution in [2.45, 2.75) is 47.5 Å².